The van der Waals surface area contributed by atoms with Crippen LogP contribution in [0.5, 0.6) is 0 Å². The molecule has 0 saturated heterocycles. The molecule has 2 heterocycles. The lowest BCUT2D eigenvalue weighted by atomic mass is 9.85. The molecule has 42 heavy (non-hydrogen) atoms. The first-order chi connectivity index (χ1) is 18.6. The second-order valence-corrected chi connectivity index (χ2v) is 11.0. The van der Waals surface area contributed by atoms with Crippen molar-refractivity contribution >= 4 is 15.1 Å². The minimum Gasteiger partial charge on any atom is -1.00 e. The minimum absolute atomic E-state index is 0. The fourth-order valence-electron chi connectivity index (χ4n) is 4.23. The summed E-state index contributed by atoms with van der Waals surface area (Å²) in [4.78, 5) is 0. The van der Waals surface area contributed by atoms with Gasteiger partial charge in [-0.1, -0.05) is 77.9 Å². The maximum absolute atomic E-state index is 9.67. The number of hydrogen-bond donors (Lipinski definition) is 0. The average molecular weight is 596 g/mol. The van der Waals surface area contributed by atoms with Crippen LogP contribution in [-0.4, -0.2) is 15.1 Å². The van der Waals surface area contributed by atoms with Crippen molar-refractivity contribution in [1.82, 2.24) is 0 Å². The van der Waals surface area contributed by atoms with Crippen molar-refractivity contribution in [2.24, 2.45) is 0 Å². The first-order valence-corrected chi connectivity index (χ1v) is 12.7. The maximum Gasteiger partial charge on any atom is 0.762 e. The first-order valence-electron chi connectivity index (χ1n) is 12.7. The highest BCUT2D eigenvalue weighted by Crippen LogP contribution is 2.27. The number of aromatic nitrogens is 2. The van der Waals surface area contributed by atoms with E-state index >= 15 is 0 Å². The average Bonchev–Trinajstić information content (AvgIpc) is 2.87. The number of hydrogen-bond acceptors (Lipinski definition) is 0. The standard InChI is InChI=1S/C30H34N2.2BF3.2FH/c1-29(2,3)25-11-7-9-13-27(25)31-19-15-23(16-20-31)24-17-21-32(22-18-24)28-14-10-8-12-26(28)30(4,5)6;2*2-1(3)4;;/h7-22H,1-6H3;;;2*1H/q+2;;;;/p-2. The fourth-order valence-corrected chi connectivity index (χ4v) is 4.23. The van der Waals surface area contributed by atoms with E-state index in [-0.39, 0.29) is 20.2 Å². The second-order valence-electron chi connectivity index (χ2n) is 11.0. The third-order valence-corrected chi connectivity index (χ3v) is 5.97. The molecule has 2 nitrogen and oxygen atoms in total. The molecule has 226 valence electrons. The van der Waals surface area contributed by atoms with Crippen LogP contribution in [0.15, 0.2) is 97.6 Å². The molecule has 0 amide bonds. The molecule has 0 saturated carbocycles. The van der Waals surface area contributed by atoms with Crippen molar-refractivity contribution in [3.63, 3.8) is 0 Å². The van der Waals surface area contributed by atoms with Gasteiger partial charge in [0.2, 0.25) is 11.4 Å². The van der Waals surface area contributed by atoms with Gasteiger partial charge in [0.05, 0.1) is 0 Å². The van der Waals surface area contributed by atoms with Crippen molar-refractivity contribution < 1.29 is 44.4 Å². The van der Waals surface area contributed by atoms with Gasteiger partial charge in [0.1, 0.15) is 0 Å². The van der Waals surface area contributed by atoms with E-state index in [0.717, 1.165) is 0 Å². The van der Waals surface area contributed by atoms with Crippen molar-refractivity contribution in [2.45, 2.75) is 52.4 Å². The third-order valence-electron chi connectivity index (χ3n) is 5.97. The summed E-state index contributed by atoms with van der Waals surface area (Å²) in [7, 11) is -7.33. The van der Waals surface area contributed by atoms with Crippen molar-refractivity contribution in [3.8, 4) is 22.5 Å². The molecule has 0 radical (unpaired) electrons. The fraction of sp³-hybridized carbons (Fsp3) is 0.267. The summed E-state index contributed by atoms with van der Waals surface area (Å²) >= 11 is 0. The van der Waals surface area contributed by atoms with E-state index in [4.69, 9.17) is 0 Å². The highest BCUT2D eigenvalue weighted by molar-refractivity contribution is 6.33. The lowest BCUT2D eigenvalue weighted by molar-refractivity contribution is -0.596. The van der Waals surface area contributed by atoms with E-state index in [2.05, 4.69) is 148 Å². The van der Waals surface area contributed by atoms with Crippen molar-refractivity contribution in [1.29, 1.82) is 0 Å². The Kier molecular flexibility index (Phi) is 15.2. The van der Waals surface area contributed by atoms with E-state index in [1.165, 1.54) is 33.6 Å². The molecule has 0 bridgehead atoms. The maximum atomic E-state index is 9.67. The molecule has 0 aliphatic rings. The molecule has 4 aromatic rings. The predicted molar refractivity (Wildman–Crippen MR) is 150 cm³/mol. The number of nitrogens with zero attached hydrogens (tertiary/aromatic N) is 2. The quantitative estimate of drug-likeness (QED) is 0.195. The summed E-state index contributed by atoms with van der Waals surface area (Å²) in [6, 6.07) is 26.1. The number of rotatable bonds is 3. The van der Waals surface area contributed by atoms with Gasteiger partial charge in [0.15, 0.2) is 24.8 Å². The lowest BCUT2D eigenvalue weighted by Gasteiger charge is -2.19. The minimum atomic E-state index is -3.67. The monoisotopic (exact) mass is 596 g/mol. The van der Waals surface area contributed by atoms with Gasteiger partial charge in [-0.05, 0) is 22.0 Å². The number of pyridine rings is 2. The van der Waals surface area contributed by atoms with E-state index in [0.29, 0.717) is 0 Å². The zero-order chi connectivity index (χ0) is 30.1. The normalized spacial score (nSPS) is 10.5. The molecular formula is C30H34B2F8N2. The number of halogens is 8. The molecular weight excluding hydrogens is 562 g/mol. The SMILES string of the molecule is CC(C)(C)c1ccccc1-[n+]1ccc(-c2cc[n+](-c3ccccc3C(C)(C)C)cc2)cc1.FB(F)F.FB(F)F.[F-].[F-]. The van der Waals surface area contributed by atoms with Gasteiger partial charge in [-0.15, -0.1) is 0 Å². The van der Waals surface area contributed by atoms with Gasteiger partial charge in [0, 0.05) is 47.5 Å². The molecule has 12 heteroatoms. The Morgan fingerprint density at radius 2 is 0.690 bits per heavy atom. The third kappa shape index (κ3) is 11.7. The van der Waals surface area contributed by atoms with Gasteiger partial charge >= 0.3 is 15.1 Å². The summed E-state index contributed by atoms with van der Waals surface area (Å²) in [5, 5.41) is 0. The topological polar surface area (TPSA) is 7.76 Å². The molecule has 0 N–H and O–H groups in total. The number of benzene rings is 2. The van der Waals surface area contributed by atoms with Crippen LogP contribution in [0.4, 0.5) is 25.9 Å². The summed E-state index contributed by atoms with van der Waals surface area (Å²) in [5.41, 5.74) is 7.77. The first kappa shape index (κ1) is 38.3. The van der Waals surface area contributed by atoms with Crippen LogP contribution in [0.1, 0.15) is 52.7 Å². The molecule has 2 aromatic heterocycles. The molecule has 0 fully saturated rings. The molecule has 0 aliphatic heterocycles. The molecule has 0 spiro atoms. The highest BCUT2D eigenvalue weighted by atomic mass is 19.4. The van der Waals surface area contributed by atoms with E-state index in [1.807, 2.05) is 0 Å². The van der Waals surface area contributed by atoms with Gasteiger partial charge in [-0.3, -0.25) is 25.9 Å². The molecule has 0 aliphatic carbocycles. The van der Waals surface area contributed by atoms with Gasteiger partial charge in [-0.2, -0.15) is 9.13 Å². The predicted octanol–water partition coefficient (Wildman–Crippen LogP) is 2.27. The highest BCUT2D eigenvalue weighted by Gasteiger charge is 2.24. The zero-order valence-electron chi connectivity index (χ0n) is 24.3. The molecule has 2 aromatic carbocycles. The van der Waals surface area contributed by atoms with Crippen LogP contribution in [0, 0.1) is 0 Å². The molecule has 4 rings (SSSR count). The van der Waals surface area contributed by atoms with Crippen LogP contribution in [0.2, 0.25) is 0 Å². The van der Waals surface area contributed by atoms with E-state index in [9.17, 15) is 25.9 Å². The Morgan fingerprint density at radius 1 is 0.452 bits per heavy atom. The van der Waals surface area contributed by atoms with Crippen molar-refractivity contribution in [3.05, 3.63) is 109 Å². The Bertz CT molecular complexity index is 1230. The Hall–Kier alpha value is -3.69. The largest absolute Gasteiger partial charge is 1.00 e. The van der Waals surface area contributed by atoms with Crippen LogP contribution in [0.3, 0.4) is 0 Å². The van der Waals surface area contributed by atoms with Crippen LogP contribution < -0.4 is 18.5 Å². The van der Waals surface area contributed by atoms with Crippen LogP contribution >= 0.6 is 0 Å². The Balaban J connectivity index is 0.00000150. The van der Waals surface area contributed by atoms with E-state index in [1.54, 1.807) is 0 Å². The molecule has 0 unspecified atom stereocenters. The summed E-state index contributed by atoms with van der Waals surface area (Å²) in [6.45, 7) is 13.6. The second kappa shape index (κ2) is 16.7. The van der Waals surface area contributed by atoms with E-state index < -0.39 is 15.1 Å². The van der Waals surface area contributed by atoms with Crippen molar-refractivity contribution in [2.75, 3.05) is 0 Å². The zero-order valence-corrected chi connectivity index (χ0v) is 24.3. The summed E-state index contributed by atoms with van der Waals surface area (Å²) in [6.07, 6.45) is 8.65. The smallest absolute Gasteiger partial charge is 0.762 e. The van der Waals surface area contributed by atoms with Gasteiger partial charge in [-0.25, -0.2) is 0 Å². The Labute approximate surface area is 243 Å². The summed E-state index contributed by atoms with van der Waals surface area (Å²) in [5.74, 6) is 0. The Morgan fingerprint density at radius 3 is 0.929 bits per heavy atom. The van der Waals surface area contributed by atoms with Crippen LogP contribution in [0.25, 0.3) is 22.5 Å². The number of para-hydroxylation sites is 2. The summed E-state index contributed by atoms with van der Waals surface area (Å²) < 4.78 is 62.4. The van der Waals surface area contributed by atoms with Gasteiger partial charge < -0.3 is 9.41 Å². The van der Waals surface area contributed by atoms with Crippen LogP contribution in [-0.2, 0) is 10.8 Å². The molecule has 0 atom stereocenters. The van der Waals surface area contributed by atoms with Gasteiger partial charge in [0.25, 0.3) is 0 Å². The lowest BCUT2D eigenvalue weighted by Crippen LogP contribution is -3.00.